The van der Waals surface area contributed by atoms with E-state index in [1.807, 2.05) is 24.3 Å². The number of anilines is 1. The second-order valence-electron chi connectivity index (χ2n) is 5.80. The summed E-state index contributed by atoms with van der Waals surface area (Å²) in [6.07, 6.45) is -1.74. The molecule has 2 aromatic rings. The minimum atomic E-state index is -5.27. The van der Waals surface area contributed by atoms with Crippen LogP contribution in [0.4, 0.5) is 18.9 Å². The first-order valence-electron chi connectivity index (χ1n) is 8.11. The Kier molecular flexibility index (Phi) is 5.68. The van der Waals surface area contributed by atoms with Gasteiger partial charge in [0.15, 0.2) is 5.03 Å². The molecule has 0 saturated carbocycles. The second-order valence-corrected chi connectivity index (χ2v) is 6.86. The third-order valence-electron chi connectivity index (χ3n) is 3.90. The van der Waals surface area contributed by atoms with Gasteiger partial charge in [0.1, 0.15) is 0 Å². The van der Waals surface area contributed by atoms with Crippen LogP contribution in [0.1, 0.15) is 29.8 Å². The van der Waals surface area contributed by atoms with Crippen molar-refractivity contribution in [1.29, 1.82) is 0 Å². The molecule has 1 aliphatic rings. The molecule has 1 aliphatic heterocycles. The van der Waals surface area contributed by atoms with Gasteiger partial charge in [-0.2, -0.15) is 18.4 Å². The molecule has 3 rings (SSSR count). The fourth-order valence-electron chi connectivity index (χ4n) is 2.60. The number of ether oxygens (including phenoxy) is 1. The maximum absolute atomic E-state index is 12.2. The first-order valence-corrected chi connectivity index (χ1v) is 8.93. The maximum Gasteiger partial charge on any atom is 0.491 e. The molecule has 27 heavy (non-hydrogen) atoms. The highest BCUT2D eigenvalue weighted by Gasteiger charge is 2.43. The van der Waals surface area contributed by atoms with Crippen LogP contribution in [0.15, 0.2) is 34.2 Å². The summed E-state index contributed by atoms with van der Waals surface area (Å²) >= 11 is 1.02. The topological polar surface area (TPSA) is 88.2 Å². The largest absolute Gasteiger partial charge is 0.491 e. The Morgan fingerprint density at radius 2 is 1.74 bits per heavy atom. The van der Waals surface area contributed by atoms with E-state index in [2.05, 4.69) is 25.0 Å². The average Bonchev–Trinajstić information content (AvgIpc) is 3.10. The van der Waals surface area contributed by atoms with Crippen LogP contribution in [0.5, 0.6) is 0 Å². The van der Waals surface area contributed by atoms with Crippen LogP contribution >= 0.6 is 11.8 Å². The highest BCUT2D eigenvalue weighted by atomic mass is 32.2. The van der Waals surface area contributed by atoms with Gasteiger partial charge in [0.05, 0.1) is 0 Å². The lowest BCUT2D eigenvalue weighted by molar-refractivity contribution is -0.193. The number of H-pyrrole nitrogens is 1. The Balaban J connectivity index is 1.67. The minimum absolute atomic E-state index is 0.0145. The van der Waals surface area contributed by atoms with Crippen molar-refractivity contribution < 1.29 is 27.5 Å². The number of esters is 2. The molecule has 0 spiro atoms. The van der Waals surface area contributed by atoms with Gasteiger partial charge in [0.25, 0.3) is 0 Å². The normalized spacial score (nSPS) is 14.9. The van der Waals surface area contributed by atoms with Crippen molar-refractivity contribution >= 4 is 29.4 Å². The van der Waals surface area contributed by atoms with Gasteiger partial charge in [-0.15, -0.1) is 10.2 Å². The van der Waals surface area contributed by atoms with Crippen LogP contribution in [0.25, 0.3) is 0 Å². The molecule has 1 aromatic heterocycles. The standard InChI is InChI=1S/C16H15F3N4O3S/c17-16(18,19)15(25)26-14(24)12-13(21-22-20-12)27-11-6-4-10(5-7-11)23-8-2-1-3-9-23/h4-7H,1-3,8-9H2,(H,20,21,22). The summed E-state index contributed by atoms with van der Waals surface area (Å²) in [5.41, 5.74) is 0.590. The van der Waals surface area contributed by atoms with E-state index >= 15 is 0 Å². The van der Waals surface area contributed by atoms with Crippen molar-refractivity contribution in [3.63, 3.8) is 0 Å². The van der Waals surface area contributed by atoms with E-state index in [1.165, 1.54) is 6.42 Å². The lowest BCUT2D eigenvalue weighted by Crippen LogP contribution is -2.29. The minimum Gasteiger partial charge on any atom is -0.381 e. The summed E-state index contributed by atoms with van der Waals surface area (Å²) in [5, 5.41) is 9.38. The predicted octanol–water partition coefficient (Wildman–Crippen LogP) is 3.19. The van der Waals surface area contributed by atoms with Crippen molar-refractivity contribution in [2.45, 2.75) is 35.4 Å². The van der Waals surface area contributed by atoms with E-state index < -0.39 is 23.8 Å². The number of hydrogen-bond acceptors (Lipinski definition) is 7. The smallest absolute Gasteiger partial charge is 0.381 e. The van der Waals surface area contributed by atoms with Gasteiger partial charge in [0.2, 0.25) is 5.69 Å². The fraction of sp³-hybridized carbons (Fsp3) is 0.375. The van der Waals surface area contributed by atoms with Crippen LogP contribution in [0.3, 0.4) is 0 Å². The third kappa shape index (κ3) is 4.79. The van der Waals surface area contributed by atoms with E-state index in [0.717, 1.165) is 43.4 Å². The Bertz CT molecular complexity index is 817. The van der Waals surface area contributed by atoms with Gasteiger partial charge >= 0.3 is 18.1 Å². The summed E-state index contributed by atoms with van der Waals surface area (Å²) in [5.74, 6) is -4.11. The van der Waals surface area contributed by atoms with Crippen molar-refractivity contribution in [2.24, 2.45) is 0 Å². The molecule has 1 N–H and O–H groups in total. The molecule has 2 heterocycles. The first-order chi connectivity index (χ1) is 12.8. The zero-order valence-corrected chi connectivity index (χ0v) is 14.8. The highest BCUT2D eigenvalue weighted by Crippen LogP contribution is 2.30. The molecule has 144 valence electrons. The molecular formula is C16H15F3N4O3S. The van der Waals surface area contributed by atoms with Crippen molar-refractivity contribution in [3.8, 4) is 0 Å². The molecular weight excluding hydrogens is 385 g/mol. The number of carbonyl (C=O) groups excluding carboxylic acids is 2. The zero-order valence-electron chi connectivity index (χ0n) is 14.0. The van der Waals surface area contributed by atoms with E-state index in [0.29, 0.717) is 4.90 Å². The number of rotatable bonds is 4. The van der Waals surface area contributed by atoms with Crippen LogP contribution in [-0.2, 0) is 9.53 Å². The Morgan fingerprint density at radius 1 is 1.07 bits per heavy atom. The number of halogens is 3. The summed E-state index contributed by atoms with van der Waals surface area (Å²) < 4.78 is 40.4. The molecule has 11 heteroatoms. The molecule has 0 unspecified atom stereocenters. The first kappa shape index (κ1) is 19.2. The number of carbonyl (C=O) groups is 2. The van der Waals surface area contributed by atoms with E-state index in [4.69, 9.17) is 0 Å². The third-order valence-corrected chi connectivity index (χ3v) is 4.88. The zero-order chi connectivity index (χ0) is 19.4. The summed E-state index contributed by atoms with van der Waals surface area (Å²) in [7, 11) is 0. The molecule has 1 saturated heterocycles. The Hall–Kier alpha value is -2.56. The van der Waals surface area contributed by atoms with Gasteiger partial charge < -0.3 is 9.64 Å². The van der Waals surface area contributed by atoms with E-state index in [-0.39, 0.29) is 5.03 Å². The Morgan fingerprint density at radius 3 is 2.37 bits per heavy atom. The summed E-state index contributed by atoms with van der Waals surface area (Å²) in [4.78, 5) is 25.5. The Labute approximate surface area is 156 Å². The number of nitrogens with one attached hydrogen (secondary N) is 1. The van der Waals surface area contributed by atoms with Gasteiger partial charge in [-0.1, -0.05) is 11.8 Å². The molecule has 0 atom stereocenters. The number of aromatic nitrogens is 3. The molecule has 0 bridgehead atoms. The van der Waals surface area contributed by atoms with Crippen LogP contribution < -0.4 is 4.90 Å². The van der Waals surface area contributed by atoms with Crippen LogP contribution in [-0.4, -0.2) is 46.6 Å². The molecule has 1 fully saturated rings. The van der Waals surface area contributed by atoms with Gasteiger partial charge in [-0.05, 0) is 43.5 Å². The monoisotopic (exact) mass is 400 g/mol. The quantitative estimate of drug-likeness (QED) is 0.623. The summed E-state index contributed by atoms with van der Waals surface area (Å²) in [6, 6.07) is 7.50. The van der Waals surface area contributed by atoms with E-state index in [1.54, 1.807) is 0 Å². The highest BCUT2D eigenvalue weighted by molar-refractivity contribution is 7.99. The number of aromatic amines is 1. The van der Waals surface area contributed by atoms with Gasteiger partial charge in [0, 0.05) is 23.7 Å². The number of benzene rings is 1. The SMILES string of the molecule is O=C(OC(=O)C(F)(F)F)c1n[nH]nc1Sc1ccc(N2CCCCC2)cc1. The molecule has 7 nitrogen and oxygen atoms in total. The van der Waals surface area contributed by atoms with Crippen molar-refractivity contribution in [1.82, 2.24) is 15.4 Å². The number of hydrogen-bond donors (Lipinski definition) is 1. The molecule has 0 radical (unpaired) electrons. The second kappa shape index (κ2) is 7.99. The fourth-order valence-corrected chi connectivity index (χ4v) is 3.41. The maximum atomic E-state index is 12.2. The average molecular weight is 400 g/mol. The number of nitrogens with zero attached hydrogens (tertiary/aromatic N) is 3. The lowest BCUT2D eigenvalue weighted by atomic mass is 10.1. The predicted molar refractivity (Wildman–Crippen MR) is 89.5 cm³/mol. The molecule has 1 aromatic carbocycles. The molecule has 0 amide bonds. The lowest BCUT2D eigenvalue weighted by Gasteiger charge is -2.28. The number of piperidine rings is 1. The van der Waals surface area contributed by atoms with Gasteiger partial charge in [-0.3, -0.25) is 0 Å². The van der Waals surface area contributed by atoms with E-state index in [9.17, 15) is 22.8 Å². The van der Waals surface area contributed by atoms with Crippen LogP contribution in [0, 0.1) is 0 Å². The molecule has 0 aliphatic carbocycles. The van der Waals surface area contributed by atoms with Crippen LogP contribution in [0.2, 0.25) is 0 Å². The van der Waals surface area contributed by atoms with Crippen molar-refractivity contribution in [2.75, 3.05) is 18.0 Å². The summed E-state index contributed by atoms with van der Waals surface area (Å²) in [6.45, 7) is 2.00. The van der Waals surface area contributed by atoms with Crippen molar-refractivity contribution in [3.05, 3.63) is 30.0 Å². The number of alkyl halides is 3. The van der Waals surface area contributed by atoms with Gasteiger partial charge in [-0.25, -0.2) is 9.59 Å².